The molecule has 124 valence electrons. The van der Waals surface area contributed by atoms with Crippen LogP contribution in [0.1, 0.15) is 24.0 Å². The second-order valence-electron chi connectivity index (χ2n) is 5.39. The third-order valence-electron chi connectivity index (χ3n) is 3.75. The molecular weight excluding hydrogens is 317 g/mol. The van der Waals surface area contributed by atoms with Crippen molar-refractivity contribution in [3.8, 4) is 0 Å². The van der Waals surface area contributed by atoms with Gasteiger partial charge in [-0.25, -0.2) is 0 Å². The number of carbonyl (C=O) groups is 1. The minimum Gasteiger partial charge on any atom is -0.341 e. The Kier molecular flexibility index (Phi) is 6.68. The average molecular weight is 337 g/mol. The Labute approximate surface area is 134 Å². The van der Waals surface area contributed by atoms with Crippen LogP contribution in [0.5, 0.6) is 0 Å². The standard InChI is InChI=1S/C15H19F3N2O.ClH/c1-20(14(21)11-6-4-8-19-9-11)10-12-5-2-3-7-13(12)15(16,17)18;/h2-3,5,7,11,19H,4,6,8-10H2,1H3;1H. The van der Waals surface area contributed by atoms with Crippen molar-refractivity contribution in [3.63, 3.8) is 0 Å². The summed E-state index contributed by atoms with van der Waals surface area (Å²) in [5.74, 6) is -0.235. The minimum atomic E-state index is -4.40. The Hall–Kier alpha value is -1.27. The van der Waals surface area contributed by atoms with Gasteiger partial charge in [-0.15, -0.1) is 12.4 Å². The van der Waals surface area contributed by atoms with Crippen molar-refractivity contribution < 1.29 is 18.0 Å². The van der Waals surface area contributed by atoms with Crippen LogP contribution in [0.4, 0.5) is 13.2 Å². The van der Waals surface area contributed by atoms with E-state index in [-0.39, 0.29) is 36.3 Å². The fourth-order valence-corrected chi connectivity index (χ4v) is 2.64. The van der Waals surface area contributed by atoms with Gasteiger partial charge in [0.2, 0.25) is 5.91 Å². The molecule has 1 atom stereocenters. The predicted molar refractivity (Wildman–Crippen MR) is 80.8 cm³/mol. The molecule has 0 aliphatic carbocycles. The van der Waals surface area contributed by atoms with Gasteiger partial charge in [-0.05, 0) is 31.0 Å². The van der Waals surface area contributed by atoms with E-state index < -0.39 is 11.7 Å². The number of halogens is 4. The van der Waals surface area contributed by atoms with E-state index in [1.807, 2.05) is 0 Å². The van der Waals surface area contributed by atoms with Gasteiger partial charge in [-0.3, -0.25) is 4.79 Å². The van der Waals surface area contributed by atoms with Crippen LogP contribution in [0, 0.1) is 5.92 Å². The first-order valence-corrected chi connectivity index (χ1v) is 7.00. The molecule has 1 amide bonds. The molecule has 7 heteroatoms. The lowest BCUT2D eigenvalue weighted by molar-refractivity contribution is -0.140. The number of carbonyl (C=O) groups excluding carboxylic acids is 1. The monoisotopic (exact) mass is 336 g/mol. The van der Waals surface area contributed by atoms with Crippen molar-refractivity contribution in [1.82, 2.24) is 10.2 Å². The normalized spacial score (nSPS) is 18.5. The number of nitrogens with zero attached hydrogens (tertiary/aromatic N) is 1. The molecule has 1 N–H and O–H groups in total. The molecule has 3 nitrogen and oxygen atoms in total. The third kappa shape index (κ3) is 4.61. The molecule has 1 saturated heterocycles. The number of amides is 1. The number of benzene rings is 1. The Morgan fingerprint density at radius 1 is 1.36 bits per heavy atom. The van der Waals surface area contributed by atoms with E-state index >= 15 is 0 Å². The van der Waals surface area contributed by atoms with E-state index in [4.69, 9.17) is 0 Å². The van der Waals surface area contributed by atoms with Gasteiger partial charge in [0.1, 0.15) is 0 Å². The summed E-state index contributed by atoms with van der Waals surface area (Å²) in [6, 6.07) is 5.39. The highest BCUT2D eigenvalue weighted by Gasteiger charge is 2.33. The summed E-state index contributed by atoms with van der Waals surface area (Å²) in [6.45, 7) is 1.47. The lowest BCUT2D eigenvalue weighted by atomic mass is 9.98. The lowest BCUT2D eigenvalue weighted by Crippen LogP contribution is -2.41. The summed E-state index contributed by atoms with van der Waals surface area (Å²) >= 11 is 0. The van der Waals surface area contributed by atoms with Crippen molar-refractivity contribution >= 4 is 18.3 Å². The Bertz CT molecular complexity index is 502. The Morgan fingerprint density at radius 3 is 2.64 bits per heavy atom. The fraction of sp³-hybridized carbons (Fsp3) is 0.533. The maximum Gasteiger partial charge on any atom is 0.416 e. The summed E-state index contributed by atoms with van der Waals surface area (Å²) in [4.78, 5) is 13.7. The van der Waals surface area contributed by atoms with Gasteiger partial charge in [-0.1, -0.05) is 18.2 Å². The number of alkyl halides is 3. The summed E-state index contributed by atoms with van der Waals surface area (Å²) in [7, 11) is 1.56. The molecule has 1 heterocycles. The van der Waals surface area contributed by atoms with E-state index in [2.05, 4.69) is 5.32 Å². The maximum atomic E-state index is 12.9. The number of rotatable bonds is 3. The molecule has 0 spiro atoms. The number of piperidine rings is 1. The first kappa shape index (κ1) is 18.8. The topological polar surface area (TPSA) is 32.3 Å². The number of nitrogens with one attached hydrogen (secondary N) is 1. The zero-order valence-electron chi connectivity index (χ0n) is 12.3. The molecule has 1 unspecified atom stereocenters. The summed E-state index contributed by atoms with van der Waals surface area (Å²) in [6.07, 6.45) is -2.69. The summed E-state index contributed by atoms with van der Waals surface area (Å²) in [5.41, 5.74) is -0.545. The van der Waals surface area contributed by atoms with Crippen LogP contribution in [0.25, 0.3) is 0 Å². The fourth-order valence-electron chi connectivity index (χ4n) is 2.64. The van der Waals surface area contributed by atoms with Crippen molar-refractivity contribution in [3.05, 3.63) is 35.4 Å². The molecule has 22 heavy (non-hydrogen) atoms. The summed E-state index contributed by atoms with van der Waals surface area (Å²) < 4.78 is 38.8. The SMILES string of the molecule is CN(Cc1ccccc1C(F)(F)F)C(=O)C1CCCNC1.Cl. The highest BCUT2D eigenvalue weighted by atomic mass is 35.5. The van der Waals surface area contributed by atoms with Crippen LogP contribution < -0.4 is 5.32 Å². The minimum absolute atomic E-state index is 0. The molecule has 1 aromatic carbocycles. The molecule has 0 aromatic heterocycles. The molecule has 0 bridgehead atoms. The second-order valence-corrected chi connectivity index (χ2v) is 5.39. The highest BCUT2D eigenvalue weighted by molar-refractivity contribution is 5.85. The molecular formula is C15H20ClF3N2O. The molecule has 1 aliphatic heterocycles. The zero-order chi connectivity index (χ0) is 15.5. The number of hydrogen-bond acceptors (Lipinski definition) is 2. The Morgan fingerprint density at radius 2 is 2.05 bits per heavy atom. The van der Waals surface area contributed by atoms with Gasteiger partial charge in [-0.2, -0.15) is 13.2 Å². The van der Waals surface area contributed by atoms with E-state index in [9.17, 15) is 18.0 Å². The van der Waals surface area contributed by atoms with E-state index in [0.717, 1.165) is 25.5 Å². The summed E-state index contributed by atoms with van der Waals surface area (Å²) in [5, 5.41) is 3.14. The highest BCUT2D eigenvalue weighted by Crippen LogP contribution is 2.32. The van der Waals surface area contributed by atoms with Crippen LogP contribution in [0.2, 0.25) is 0 Å². The van der Waals surface area contributed by atoms with Gasteiger partial charge in [0.05, 0.1) is 11.5 Å². The van der Waals surface area contributed by atoms with E-state index in [0.29, 0.717) is 6.54 Å². The predicted octanol–water partition coefficient (Wildman–Crippen LogP) is 3.09. The van der Waals surface area contributed by atoms with E-state index in [1.165, 1.54) is 17.0 Å². The zero-order valence-corrected chi connectivity index (χ0v) is 13.1. The van der Waals surface area contributed by atoms with Crippen LogP contribution >= 0.6 is 12.4 Å². The van der Waals surface area contributed by atoms with Crippen molar-refractivity contribution in [1.29, 1.82) is 0 Å². The largest absolute Gasteiger partial charge is 0.416 e. The third-order valence-corrected chi connectivity index (χ3v) is 3.75. The van der Waals surface area contributed by atoms with Crippen LogP contribution in [0.3, 0.4) is 0 Å². The Balaban J connectivity index is 0.00000242. The van der Waals surface area contributed by atoms with Gasteiger partial charge in [0, 0.05) is 20.1 Å². The maximum absolute atomic E-state index is 12.9. The van der Waals surface area contributed by atoms with E-state index in [1.54, 1.807) is 13.1 Å². The van der Waals surface area contributed by atoms with Crippen molar-refractivity contribution in [2.24, 2.45) is 5.92 Å². The van der Waals surface area contributed by atoms with Gasteiger partial charge < -0.3 is 10.2 Å². The molecule has 0 radical (unpaired) electrons. The smallest absolute Gasteiger partial charge is 0.341 e. The molecule has 1 aliphatic rings. The van der Waals surface area contributed by atoms with Gasteiger partial charge >= 0.3 is 6.18 Å². The molecule has 1 fully saturated rings. The van der Waals surface area contributed by atoms with Crippen molar-refractivity contribution in [2.75, 3.05) is 20.1 Å². The number of hydrogen-bond donors (Lipinski definition) is 1. The quantitative estimate of drug-likeness (QED) is 0.920. The first-order chi connectivity index (χ1) is 9.89. The first-order valence-electron chi connectivity index (χ1n) is 7.00. The average Bonchev–Trinajstić information content (AvgIpc) is 2.47. The van der Waals surface area contributed by atoms with Crippen LogP contribution in [0.15, 0.2) is 24.3 Å². The molecule has 2 rings (SSSR count). The van der Waals surface area contributed by atoms with Gasteiger partial charge in [0.25, 0.3) is 0 Å². The second kappa shape index (κ2) is 7.83. The van der Waals surface area contributed by atoms with Crippen LogP contribution in [-0.2, 0) is 17.5 Å². The molecule has 0 saturated carbocycles. The lowest BCUT2D eigenvalue weighted by Gasteiger charge is -2.27. The van der Waals surface area contributed by atoms with Crippen molar-refractivity contribution in [2.45, 2.75) is 25.6 Å². The van der Waals surface area contributed by atoms with Crippen LogP contribution in [-0.4, -0.2) is 30.9 Å². The molecule has 1 aromatic rings. The van der Waals surface area contributed by atoms with Gasteiger partial charge in [0.15, 0.2) is 0 Å².